The van der Waals surface area contributed by atoms with Gasteiger partial charge in [0.1, 0.15) is 5.69 Å². The normalized spacial score (nSPS) is 12.3. The van der Waals surface area contributed by atoms with Crippen LogP contribution in [0.4, 0.5) is 0 Å². The quantitative estimate of drug-likeness (QED) is 0.673. The summed E-state index contributed by atoms with van der Waals surface area (Å²) in [5, 5.41) is 4.58. The highest BCUT2D eigenvalue weighted by molar-refractivity contribution is 9.10. The Morgan fingerprint density at radius 1 is 1.40 bits per heavy atom. The van der Waals surface area contributed by atoms with Crippen molar-refractivity contribution in [1.82, 2.24) is 14.9 Å². The molecular formula is C18H17BrClN3O2. The first-order valence-corrected chi connectivity index (χ1v) is 8.82. The second-order valence-corrected chi connectivity index (χ2v) is 6.97. The van der Waals surface area contributed by atoms with Crippen LogP contribution in [0, 0.1) is 0 Å². The minimum absolute atomic E-state index is 0.187. The molecule has 0 aliphatic heterocycles. The molecule has 1 N–H and O–H groups in total. The van der Waals surface area contributed by atoms with Crippen molar-refractivity contribution in [3.8, 4) is 0 Å². The monoisotopic (exact) mass is 421 g/mol. The molecule has 1 amide bonds. The predicted molar refractivity (Wildman–Crippen MR) is 102 cm³/mol. The van der Waals surface area contributed by atoms with Gasteiger partial charge < -0.3 is 14.6 Å². The van der Waals surface area contributed by atoms with Gasteiger partial charge in [0.05, 0.1) is 24.4 Å². The van der Waals surface area contributed by atoms with E-state index in [-0.39, 0.29) is 11.9 Å². The van der Waals surface area contributed by atoms with Crippen LogP contribution in [0.1, 0.15) is 22.1 Å². The molecule has 0 aliphatic rings. The van der Waals surface area contributed by atoms with Crippen LogP contribution in [0.15, 0.2) is 47.2 Å². The number of carbonyl (C=O) groups is 1. The van der Waals surface area contributed by atoms with E-state index in [9.17, 15) is 4.79 Å². The number of hydrogen-bond acceptors (Lipinski definition) is 3. The van der Waals surface area contributed by atoms with Gasteiger partial charge in [-0.15, -0.1) is 0 Å². The molecule has 5 nitrogen and oxygen atoms in total. The van der Waals surface area contributed by atoms with Crippen LogP contribution in [0.2, 0.25) is 5.02 Å². The zero-order valence-corrected chi connectivity index (χ0v) is 16.1. The number of pyridine rings is 1. The van der Waals surface area contributed by atoms with Gasteiger partial charge in [-0.3, -0.25) is 9.78 Å². The first-order chi connectivity index (χ1) is 12.0. The average Bonchev–Trinajstić information content (AvgIpc) is 2.93. The molecule has 0 fully saturated rings. The van der Waals surface area contributed by atoms with Gasteiger partial charge >= 0.3 is 0 Å². The summed E-state index contributed by atoms with van der Waals surface area (Å²) in [6.07, 6.45) is 3.45. The Morgan fingerprint density at radius 3 is 2.88 bits per heavy atom. The van der Waals surface area contributed by atoms with Gasteiger partial charge in [-0.2, -0.15) is 0 Å². The first kappa shape index (κ1) is 17.9. The number of benzene rings is 1. The highest BCUT2D eigenvalue weighted by atomic mass is 79.9. The Bertz CT molecular complexity index is 926. The summed E-state index contributed by atoms with van der Waals surface area (Å²) >= 11 is 9.54. The van der Waals surface area contributed by atoms with E-state index < -0.39 is 0 Å². The van der Waals surface area contributed by atoms with Gasteiger partial charge in [-0.25, -0.2) is 0 Å². The molecular weight excluding hydrogens is 406 g/mol. The smallest absolute Gasteiger partial charge is 0.268 e. The summed E-state index contributed by atoms with van der Waals surface area (Å²) in [5.74, 6) is -0.187. The average molecular weight is 423 g/mol. The zero-order valence-electron chi connectivity index (χ0n) is 13.8. The van der Waals surface area contributed by atoms with Crippen molar-refractivity contribution >= 4 is 44.3 Å². The third-order valence-electron chi connectivity index (χ3n) is 4.04. The molecule has 0 bridgehead atoms. The van der Waals surface area contributed by atoms with E-state index in [0.717, 1.165) is 20.9 Å². The predicted octanol–water partition coefficient (Wildman–Crippen LogP) is 4.11. The molecule has 3 rings (SSSR count). The molecule has 0 unspecified atom stereocenters. The van der Waals surface area contributed by atoms with Crippen LogP contribution in [0.5, 0.6) is 0 Å². The van der Waals surface area contributed by atoms with Crippen molar-refractivity contribution in [1.29, 1.82) is 0 Å². The van der Waals surface area contributed by atoms with Crippen LogP contribution < -0.4 is 5.32 Å². The maximum atomic E-state index is 12.8. The molecule has 7 heteroatoms. The summed E-state index contributed by atoms with van der Waals surface area (Å²) in [6.45, 7) is 0.348. The number of halogens is 2. The summed E-state index contributed by atoms with van der Waals surface area (Å²) in [5.41, 5.74) is 2.32. The molecule has 1 aromatic carbocycles. The number of ether oxygens (including phenoxy) is 1. The van der Waals surface area contributed by atoms with Gasteiger partial charge in [0.2, 0.25) is 0 Å². The number of nitrogens with one attached hydrogen (secondary N) is 1. The number of carbonyl (C=O) groups excluding carboxylic acids is 1. The zero-order chi connectivity index (χ0) is 18.0. The maximum Gasteiger partial charge on any atom is 0.268 e. The van der Waals surface area contributed by atoms with Crippen molar-refractivity contribution in [2.75, 3.05) is 13.7 Å². The Morgan fingerprint density at radius 2 is 2.20 bits per heavy atom. The highest BCUT2D eigenvalue weighted by Gasteiger charge is 2.20. The van der Waals surface area contributed by atoms with Crippen LogP contribution in [-0.4, -0.2) is 29.2 Å². The lowest BCUT2D eigenvalue weighted by atomic mass is 10.1. The topological polar surface area (TPSA) is 56.1 Å². The fourth-order valence-electron chi connectivity index (χ4n) is 2.77. The van der Waals surface area contributed by atoms with Gasteiger partial charge in [-0.05, 0) is 39.7 Å². The number of amides is 1. The summed E-state index contributed by atoms with van der Waals surface area (Å²) < 4.78 is 7.93. The number of rotatable bonds is 5. The Kier molecular flexibility index (Phi) is 5.42. The van der Waals surface area contributed by atoms with Crippen molar-refractivity contribution in [3.05, 3.63) is 63.5 Å². The third-order valence-corrected chi connectivity index (χ3v) is 4.91. The Hall–Kier alpha value is -1.89. The molecule has 3 aromatic rings. The van der Waals surface area contributed by atoms with Gasteiger partial charge in [-0.1, -0.05) is 23.7 Å². The van der Waals surface area contributed by atoms with E-state index in [1.54, 1.807) is 25.6 Å². The number of methoxy groups -OCH3 is 1. The molecule has 0 saturated carbocycles. The molecule has 130 valence electrons. The standard InChI is InChI=1S/C18H17BrClN3O2/c1-23-16(7-13-14(19)8-21-9-17(13)23)18(24)22-15(10-25-2)11-4-3-5-12(20)6-11/h3-9,15H,10H2,1-2H3,(H,22,24)/t15-/m1/s1. The fraction of sp³-hybridized carbons (Fsp3) is 0.222. The number of fused-ring (bicyclic) bond motifs is 1. The Balaban J connectivity index is 1.92. The molecule has 25 heavy (non-hydrogen) atoms. The van der Waals surface area contributed by atoms with E-state index in [0.29, 0.717) is 17.3 Å². The Labute approximate surface area is 159 Å². The molecule has 0 aliphatic carbocycles. The lowest BCUT2D eigenvalue weighted by molar-refractivity contribution is 0.0889. The minimum atomic E-state index is -0.296. The molecule has 2 aromatic heterocycles. The van der Waals surface area contributed by atoms with E-state index in [4.69, 9.17) is 16.3 Å². The SMILES string of the molecule is COC[C@@H](NC(=O)c1cc2c(Br)cncc2n1C)c1cccc(Cl)c1. The van der Waals surface area contributed by atoms with E-state index in [2.05, 4.69) is 26.2 Å². The van der Waals surface area contributed by atoms with E-state index in [1.165, 1.54) is 0 Å². The molecule has 0 saturated heterocycles. The third kappa shape index (κ3) is 3.71. The lowest BCUT2D eigenvalue weighted by Crippen LogP contribution is -2.32. The first-order valence-electron chi connectivity index (χ1n) is 7.65. The summed E-state index contributed by atoms with van der Waals surface area (Å²) in [4.78, 5) is 17.0. The van der Waals surface area contributed by atoms with Gasteiger partial charge in [0, 0.05) is 35.2 Å². The minimum Gasteiger partial charge on any atom is -0.382 e. The van der Waals surface area contributed by atoms with Crippen LogP contribution in [0.25, 0.3) is 10.9 Å². The van der Waals surface area contributed by atoms with Crippen LogP contribution in [0.3, 0.4) is 0 Å². The molecule has 0 radical (unpaired) electrons. The second kappa shape index (κ2) is 7.56. The highest BCUT2D eigenvalue weighted by Crippen LogP contribution is 2.26. The van der Waals surface area contributed by atoms with E-state index >= 15 is 0 Å². The summed E-state index contributed by atoms with van der Waals surface area (Å²) in [6, 6.07) is 8.94. The van der Waals surface area contributed by atoms with Crippen LogP contribution >= 0.6 is 27.5 Å². The van der Waals surface area contributed by atoms with Crippen molar-refractivity contribution in [2.24, 2.45) is 7.05 Å². The maximum absolute atomic E-state index is 12.8. The largest absolute Gasteiger partial charge is 0.382 e. The number of hydrogen-bond donors (Lipinski definition) is 1. The number of nitrogens with zero attached hydrogens (tertiary/aromatic N) is 2. The molecule has 0 spiro atoms. The van der Waals surface area contributed by atoms with Gasteiger partial charge in [0.15, 0.2) is 0 Å². The van der Waals surface area contributed by atoms with Crippen molar-refractivity contribution in [2.45, 2.75) is 6.04 Å². The molecule has 1 atom stereocenters. The van der Waals surface area contributed by atoms with Crippen molar-refractivity contribution in [3.63, 3.8) is 0 Å². The van der Waals surface area contributed by atoms with Crippen LogP contribution in [-0.2, 0) is 11.8 Å². The summed E-state index contributed by atoms with van der Waals surface area (Å²) in [7, 11) is 3.44. The molecule has 2 heterocycles. The van der Waals surface area contributed by atoms with Crippen molar-refractivity contribution < 1.29 is 9.53 Å². The van der Waals surface area contributed by atoms with Gasteiger partial charge in [0.25, 0.3) is 5.91 Å². The number of aryl methyl sites for hydroxylation is 1. The lowest BCUT2D eigenvalue weighted by Gasteiger charge is -2.19. The van der Waals surface area contributed by atoms with E-state index in [1.807, 2.05) is 35.9 Å². The second-order valence-electron chi connectivity index (χ2n) is 5.68. The number of aromatic nitrogens is 2. The fourth-order valence-corrected chi connectivity index (χ4v) is 3.40.